The van der Waals surface area contributed by atoms with Gasteiger partial charge in [-0.2, -0.15) is 0 Å². The standard InChI is InChI=1S/C13H21ClN4O2/c1-18(2)6-8-20-7-5-16-13(19)11-9-10(14)3-4-12(11)17-15/h3-4,9,17H,5-8,15H2,1-2H3,(H,16,19). The fourth-order valence-electron chi connectivity index (χ4n) is 1.51. The smallest absolute Gasteiger partial charge is 0.253 e. The number of nitrogens with one attached hydrogen (secondary N) is 2. The highest BCUT2D eigenvalue weighted by atomic mass is 35.5. The molecule has 0 unspecified atom stereocenters. The molecule has 1 amide bonds. The number of ether oxygens (including phenoxy) is 1. The monoisotopic (exact) mass is 300 g/mol. The summed E-state index contributed by atoms with van der Waals surface area (Å²) in [7, 11) is 3.96. The third kappa shape index (κ3) is 5.75. The van der Waals surface area contributed by atoms with Gasteiger partial charge in [0.05, 0.1) is 24.5 Å². The van der Waals surface area contributed by atoms with E-state index in [2.05, 4.69) is 10.7 Å². The lowest BCUT2D eigenvalue weighted by Gasteiger charge is -2.11. The second-order valence-electron chi connectivity index (χ2n) is 4.51. The number of anilines is 1. The third-order valence-electron chi connectivity index (χ3n) is 2.60. The third-order valence-corrected chi connectivity index (χ3v) is 2.83. The molecule has 1 rings (SSSR count). The van der Waals surface area contributed by atoms with E-state index in [4.69, 9.17) is 22.2 Å². The molecule has 7 heteroatoms. The molecule has 0 radical (unpaired) electrons. The van der Waals surface area contributed by atoms with Crippen molar-refractivity contribution in [3.8, 4) is 0 Å². The number of carbonyl (C=O) groups is 1. The summed E-state index contributed by atoms with van der Waals surface area (Å²) < 4.78 is 5.39. The number of hydrogen-bond acceptors (Lipinski definition) is 5. The van der Waals surface area contributed by atoms with E-state index in [-0.39, 0.29) is 5.91 Å². The molecule has 0 saturated carbocycles. The van der Waals surface area contributed by atoms with Crippen LogP contribution < -0.4 is 16.6 Å². The minimum absolute atomic E-state index is 0.239. The minimum atomic E-state index is -0.239. The summed E-state index contributed by atoms with van der Waals surface area (Å²) in [5.74, 6) is 5.12. The van der Waals surface area contributed by atoms with Crippen molar-refractivity contribution in [2.24, 2.45) is 5.84 Å². The zero-order valence-corrected chi connectivity index (χ0v) is 12.5. The van der Waals surface area contributed by atoms with Gasteiger partial charge >= 0.3 is 0 Å². The number of nitrogen functional groups attached to an aromatic ring is 1. The molecule has 0 bridgehead atoms. The molecule has 0 saturated heterocycles. The van der Waals surface area contributed by atoms with Crippen molar-refractivity contribution in [1.29, 1.82) is 0 Å². The molecule has 0 fully saturated rings. The number of rotatable bonds is 8. The Balaban J connectivity index is 2.37. The summed E-state index contributed by atoms with van der Waals surface area (Å²) >= 11 is 5.87. The van der Waals surface area contributed by atoms with Gasteiger partial charge in [-0.1, -0.05) is 11.6 Å². The quantitative estimate of drug-likeness (QED) is 0.378. The van der Waals surface area contributed by atoms with Gasteiger partial charge in [-0.3, -0.25) is 10.6 Å². The van der Waals surface area contributed by atoms with Gasteiger partial charge in [0.25, 0.3) is 5.91 Å². The van der Waals surface area contributed by atoms with E-state index in [9.17, 15) is 4.79 Å². The lowest BCUT2D eigenvalue weighted by molar-refractivity contribution is 0.0901. The van der Waals surface area contributed by atoms with E-state index >= 15 is 0 Å². The van der Waals surface area contributed by atoms with E-state index in [1.165, 1.54) is 0 Å². The predicted molar refractivity (Wildman–Crippen MR) is 81.0 cm³/mol. The molecule has 0 heterocycles. The normalized spacial score (nSPS) is 10.7. The first kappa shape index (κ1) is 16.7. The maximum absolute atomic E-state index is 12.0. The van der Waals surface area contributed by atoms with Crippen molar-refractivity contribution < 1.29 is 9.53 Å². The van der Waals surface area contributed by atoms with Crippen LogP contribution in [0.2, 0.25) is 5.02 Å². The molecular weight excluding hydrogens is 280 g/mol. The number of halogens is 1. The molecule has 0 spiro atoms. The number of hydrazine groups is 1. The van der Waals surface area contributed by atoms with Gasteiger partial charge in [-0.15, -0.1) is 0 Å². The molecule has 0 aliphatic rings. The molecule has 0 aromatic heterocycles. The Bertz CT molecular complexity index is 440. The first-order chi connectivity index (χ1) is 9.54. The zero-order chi connectivity index (χ0) is 15.0. The topological polar surface area (TPSA) is 79.6 Å². The predicted octanol–water partition coefficient (Wildman–Crippen LogP) is 0.934. The molecule has 112 valence electrons. The second-order valence-corrected chi connectivity index (χ2v) is 4.94. The van der Waals surface area contributed by atoms with E-state index < -0.39 is 0 Å². The summed E-state index contributed by atoms with van der Waals surface area (Å²) in [5, 5.41) is 3.24. The number of carbonyl (C=O) groups excluding carboxylic acids is 1. The van der Waals surface area contributed by atoms with E-state index in [1.807, 2.05) is 19.0 Å². The lowest BCUT2D eigenvalue weighted by Crippen LogP contribution is -2.29. The van der Waals surface area contributed by atoms with Crippen LogP contribution in [0.15, 0.2) is 18.2 Å². The van der Waals surface area contributed by atoms with Gasteiger partial charge in [0, 0.05) is 18.1 Å². The number of nitrogens with zero attached hydrogens (tertiary/aromatic N) is 1. The number of amides is 1. The van der Waals surface area contributed by atoms with Crippen LogP contribution in [0.1, 0.15) is 10.4 Å². The molecule has 20 heavy (non-hydrogen) atoms. The molecule has 0 atom stereocenters. The summed E-state index contributed by atoms with van der Waals surface area (Å²) in [5.41, 5.74) is 3.41. The van der Waals surface area contributed by atoms with Crippen molar-refractivity contribution in [3.05, 3.63) is 28.8 Å². The largest absolute Gasteiger partial charge is 0.378 e. The van der Waals surface area contributed by atoms with Crippen LogP contribution in [0.4, 0.5) is 5.69 Å². The second kappa shape index (κ2) is 8.76. The average molecular weight is 301 g/mol. The van der Waals surface area contributed by atoms with Gasteiger partial charge in [0.1, 0.15) is 0 Å². The maximum atomic E-state index is 12.0. The Morgan fingerprint density at radius 3 is 2.80 bits per heavy atom. The first-order valence-electron chi connectivity index (χ1n) is 6.31. The van der Waals surface area contributed by atoms with Crippen molar-refractivity contribution >= 4 is 23.2 Å². The van der Waals surface area contributed by atoms with Crippen LogP contribution in [0.25, 0.3) is 0 Å². The highest BCUT2D eigenvalue weighted by Crippen LogP contribution is 2.19. The maximum Gasteiger partial charge on any atom is 0.253 e. The molecule has 0 aliphatic heterocycles. The fourth-order valence-corrected chi connectivity index (χ4v) is 1.68. The Labute approximate surface area is 124 Å². The van der Waals surface area contributed by atoms with Crippen molar-refractivity contribution in [3.63, 3.8) is 0 Å². The number of likely N-dealkylation sites (N-methyl/N-ethyl adjacent to an activating group) is 1. The van der Waals surface area contributed by atoms with Gasteiger partial charge in [0.2, 0.25) is 0 Å². The number of nitrogens with two attached hydrogens (primary N) is 1. The zero-order valence-electron chi connectivity index (χ0n) is 11.8. The van der Waals surface area contributed by atoms with Gasteiger partial charge in [0.15, 0.2) is 0 Å². The Hall–Kier alpha value is -1.34. The molecule has 0 aliphatic carbocycles. The van der Waals surface area contributed by atoms with E-state index in [0.29, 0.717) is 36.0 Å². The Morgan fingerprint density at radius 2 is 2.15 bits per heavy atom. The summed E-state index contributed by atoms with van der Waals surface area (Å²) in [6, 6.07) is 4.89. The Morgan fingerprint density at radius 1 is 1.40 bits per heavy atom. The van der Waals surface area contributed by atoms with Gasteiger partial charge in [-0.05, 0) is 32.3 Å². The molecule has 1 aromatic carbocycles. The summed E-state index contributed by atoms with van der Waals surface area (Å²) in [6.07, 6.45) is 0. The number of hydrogen-bond donors (Lipinski definition) is 3. The van der Waals surface area contributed by atoms with Crippen LogP contribution in [0.3, 0.4) is 0 Å². The highest BCUT2D eigenvalue weighted by molar-refractivity contribution is 6.31. The lowest BCUT2D eigenvalue weighted by atomic mass is 10.1. The molecule has 1 aromatic rings. The van der Waals surface area contributed by atoms with Crippen LogP contribution in [-0.4, -0.2) is 51.2 Å². The number of benzene rings is 1. The van der Waals surface area contributed by atoms with Crippen molar-refractivity contribution in [2.45, 2.75) is 0 Å². The minimum Gasteiger partial charge on any atom is -0.378 e. The summed E-state index contributed by atoms with van der Waals surface area (Å²) in [4.78, 5) is 14.0. The van der Waals surface area contributed by atoms with Gasteiger partial charge < -0.3 is 20.4 Å². The fraction of sp³-hybridized carbons (Fsp3) is 0.462. The molecular formula is C13H21ClN4O2. The van der Waals surface area contributed by atoms with Crippen LogP contribution >= 0.6 is 11.6 Å². The summed E-state index contributed by atoms with van der Waals surface area (Å²) in [6.45, 7) is 2.38. The van der Waals surface area contributed by atoms with E-state index in [1.54, 1.807) is 18.2 Å². The van der Waals surface area contributed by atoms with Crippen LogP contribution in [0.5, 0.6) is 0 Å². The van der Waals surface area contributed by atoms with Crippen LogP contribution in [-0.2, 0) is 4.74 Å². The first-order valence-corrected chi connectivity index (χ1v) is 6.69. The van der Waals surface area contributed by atoms with Gasteiger partial charge in [-0.25, -0.2) is 0 Å². The molecule has 6 nitrogen and oxygen atoms in total. The van der Waals surface area contributed by atoms with Crippen molar-refractivity contribution in [2.75, 3.05) is 45.8 Å². The SMILES string of the molecule is CN(C)CCOCCNC(=O)c1cc(Cl)ccc1NN. The van der Waals surface area contributed by atoms with Crippen molar-refractivity contribution in [1.82, 2.24) is 10.2 Å². The molecule has 4 N–H and O–H groups in total. The van der Waals surface area contributed by atoms with E-state index in [0.717, 1.165) is 6.54 Å². The average Bonchev–Trinajstić information content (AvgIpc) is 2.42. The highest BCUT2D eigenvalue weighted by Gasteiger charge is 2.10. The van der Waals surface area contributed by atoms with Crippen LogP contribution in [0, 0.1) is 0 Å². The Kier molecular flexibility index (Phi) is 7.32.